The molecule has 10 nitrogen and oxygen atoms in total. The van der Waals surface area contributed by atoms with Gasteiger partial charge >= 0.3 is 0 Å². The Kier molecular flexibility index (Phi) is 5.24. The van der Waals surface area contributed by atoms with Gasteiger partial charge in [0.2, 0.25) is 10.0 Å². The number of carbonyl (C=O) groups excluding carboxylic acids is 1. The smallest absolute Gasteiger partial charge is 0.276 e. The highest BCUT2D eigenvalue weighted by atomic mass is 32.2. The molecule has 1 aromatic carbocycles. The van der Waals surface area contributed by atoms with Crippen LogP contribution in [0.3, 0.4) is 0 Å². The first-order chi connectivity index (χ1) is 14.0. The van der Waals surface area contributed by atoms with Crippen molar-refractivity contribution < 1.29 is 22.7 Å². The number of carbonyl (C=O) groups is 1. The van der Waals surface area contributed by atoms with Crippen molar-refractivity contribution in [3.8, 4) is 11.5 Å². The highest BCUT2D eigenvalue weighted by Crippen LogP contribution is 2.33. The Morgan fingerprint density at radius 3 is 2.41 bits per heavy atom. The topological polar surface area (TPSA) is 128 Å². The second-order valence-corrected chi connectivity index (χ2v) is 8.58. The Bertz CT molecular complexity index is 1020. The van der Waals surface area contributed by atoms with Crippen molar-refractivity contribution in [1.82, 2.24) is 19.2 Å². The molecule has 29 heavy (non-hydrogen) atoms. The Morgan fingerprint density at radius 1 is 1.00 bits per heavy atom. The molecule has 2 N–H and O–H groups in total. The van der Waals surface area contributed by atoms with Gasteiger partial charge in [-0.25, -0.2) is 18.4 Å². The number of anilines is 1. The van der Waals surface area contributed by atoms with Crippen molar-refractivity contribution in [1.29, 1.82) is 0 Å². The van der Waals surface area contributed by atoms with E-state index < -0.39 is 10.0 Å². The van der Waals surface area contributed by atoms with Crippen LogP contribution in [0.2, 0.25) is 0 Å². The van der Waals surface area contributed by atoms with Gasteiger partial charge < -0.3 is 20.1 Å². The fourth-order valence-corrected chi connectivity index (χ4v) is 4.69. The molecule has 0 bridgehead atoms. The second-order valence-electron chi connectivity index (χ2n) is 6.65. The van der Waals surface area contributed by atoms with E-state index in [0.717, 1.165) is 6.42 Å². The van der Waals surface area contributed by atoms with Crippen molar-refractivity contribution in [3.05, 3.63) is 36.3 Å². The van der Waals surface area contributed by atoms with Gasteiger partial charge in [-0.1, -0.05) is 0 Å². The van der Waals surface area contributed by atoms with Gasteiger partial charge in [0.25, 0.3) is 5.91 Å². The molecule has 1 amide bonds. The van der Waals surface area contributed by atoms with E-state index in [1.54, 1.807) is 6.07 Å². The first-order valence-electron chi connectivity index (χ1n) is 9.22. The molecule has 0 saturated carbocycles. The molecule has 1 fully saturated rings. The van der Waals surface area contributed by atoms with Crippen molar-refractivity contribution in [3.63, 3.8) is 0 Å². The molecular weight excluding hydrogens is 398 g/mol. The average molecular weight is 419 g/mol. The minimum atomic E-state index is -3.72. The number of piperazine rings is 1. The molecule has 2 aliphatic rings. The SMILES string of the molecule is Nc1nccnc1C(=O)N1CCN(S(=O)(=O)c2ccc3c(c2)OCCCO3)CC1. The molecule has 2 aliphatic heterocycles. The highest BCUT2D eigenvalue weighted by molar-refractivity contribution is 7.89. The predicted octanol–water partition coefficient (Wildman–Crippen LogP) is 0.367. The van der Waals surface area contributed by atoms with Crippen molar-refractivity contribution in [2.45, 2.75) is 11.3 Å². The molecule has 1 aromatic heterocycles. The minimum absolute atomic E-state index is 0.0553. The zero-order valence-corrected chi connectivity index (χ0v) is 16.5. The Morgan fingerprint density at radius 2 is 1.69 bits per heavy atom. The second kappa shape index (κ2) is 7.84. The number of rotatable bonds is 3. The molecule has 0 aliphatic carbocycles. The fraction of sp³-hybridized carbons (Fsp3) is 0.389. The maximum absolute atomic E-state index is 13.0. The molecule has 11 heteroatoms. The maximum atomic E-state index is 13.0. The molecule has 4 rings (SSSR count). The number of nitrogens with two attached hydrogens (primary N) is 1. The number of nitrogen functional groups attached to an aromatic ring is 1. The van der Waals surface area contributed by atoms with Gasteiger partial charge in [0.1, 0.15) is 0 Å². The van der Waals surface area contributed by atoms with Crippen LogP contribution in [-0.2, 0) is 10.0 Å². The average Bonchev–Trinajstić information content (AvgIpc) is 2.98. The third-order valence-corrected chi connectivity index (χ3v) is 6.71. The number of ether oxygens (including phenoxy) is 2. The summed E-state index contributed by atoms with van der Waals surface area (Å²) in [5.74, 6) is 0.664. The zero-order chi connectivity index (χ0) is 20.4. The van der Waals surface area contributed by atoms with Gasteiger partial charge in [0.05, 0.1) is 18.1 Å². The molecule has 0 radical (unpaired) electrons. The molecule has 3 heterocycles. The summed E-state index contributed by atoms with van der Waals surface area (Å²) < 4.78 is 38.6. The monoisotopic (exact) mass is 419 g/mol. The van der Waals surface area contributed by atoms with E-state index >= 15 is 0 Å². The summed E-state index contributed by atoms with van der Waals surface area (Å²) in [5, 5.41) is 0. The molecule has 0 atom stereocenters. The molecule has 0 spiro atoms. The standard InChI is InChI=1S/C18H21N5O5S/c19-17-16(20-4-5-21-17)18(24)22-6-8-23(9-7-22)29(25,26)13-2-3-14-15(12-13)28-11-1-10-27-14/h2-5,12H,1,6-11H2,(H2,19,21). The lowest BCUT2D eigenvalue weighted by Crippen LogP contribution is -2.50. The number of sulfonamides is 1. The molecule has 2 aromatic rings. The summed E-state index contributed by atoms with van der Waals surface area (Å²) in [5.41, 5.74) is 5.79. The van der Waals surface area contributed by atoms with Crippen LogP contribution in [0.1, 0.15) is 16.9 Å². The first kappa shape index (κ1) is 19.4. The highest BCUT2D eigenvalue weighted by Gasteiger charge is 2.32. The summed E-state index contributed by atoms with van der Waals surface area (Å²) in [6.45, 7) is 1.82. The van der Waals surface area contributed by atoms with Crippen LogP contribution in [0.25, 0.3) is 0 Å². The van der Waals surface area contributed by atoms with Crippen molar-refractivity contribution in [2.24, 2.45) is 0 Å². The molecule has 1 saturated heterocycles. The summed E-state index contributed by atoms with van der Waals surface area (Å²) >= 11 is 0. The predicted molar refractivity (Wildman–Crippen MR) is 103 cm³/mol. The fourth-order valence-electron chi connectivity index (χ4n) is 3.25. The number of aromatic nitrogens is 2. The minimum Gasteiger partial charge on any atom is -0.490 e. The van der Waals surface area contributed by atoms with E-state index in [-0.39, 0.29) is 48.5 Å². The van der Waals surface area contributed by atoms with Gasteiger partial charge in [-0.2, -0.15) is 4.31 Å². The van der Waals surface area contributed by atoms with Crippen LogP contribution < -0.4 is 15.2 Å². The van der Waals surface area contributed by atoms with Gasteiger partial charge in [-0.3, -0.25) is 4.79 Å². The summed E-state index contributed by atoms with van der Waals surface area (Å²) in [7, 11) is -3.72. The lowest BCUT2D eigenvalue weighted by molar-refractivity contribution is 0.0692. The number of benzene rings is 1. The van der Waals surface area contributed by atoms with Crippen LogP contribution >= 0.6 is 0 Å². The van der Waals surface area contributed by atoms with E-state index in [1.165, 1.54) is 33.7 Å². The third kappa shape index (κ3) is 3.83. The van der Waals surface area contributed by atoms with Crippen molar-refractivity contribution in [2.75, 3.05) is 45.1 Å². The summed E-state index contributed by atoms with van der Waals surface area (Å²) in [6, 6.07) is 4.62. The van der Waals surface area contributed by atoms with Crippen molar-refractivity contribution >= 4 is 21.7 Å². The van der Waals surface area contributed by atoms with Gasteiger partial charge in [0, 0.05) is 51.1 Å². The number of hydrogen-bond donors (Lipinski definition) is 1. The molecule has 154 valence electrons. The first-order valence-corrected chi connectivity index (χ1v) is 10.7. The molecule has 0 unspecified atom stereocenters. The van der Waals surface area contributed by atoms with Gasteiger partial charge in [0.15, 0.2) is 23.0 Å². The van der Waals surface area contributed by atoms with E-state index in [0.29, 0.717) is 24.7 Å². The Hall–Kier alpha value is -2.92. The van der Waals surface area contributed by atoms with E-state index in [1.807, 2.05) is 0 Å². The van der Waals surface area contributed by atoms with Gasteiger partial charge in [-0.05, 0) is 12.1 Å². The van der Waals surface area contributed by atoms with Crippen LogP contribution in [0.5, 0.6) is 11.5 Å². The largest absolute Gasteiger partial charge is 0.490 e. The summed E-state index contributed by atoms with van der Waals surface area (Å²) in [4.78, 5) is 22.1. The molecular formula is C18H21N5O5S. The van der Waals surface area contributed by atoms with E-state index in [9.17, 15) is 13.2 Å². The Balaban J connectivity index is 1.47. The van der Waals surface area contributed by atoms with E-state index in [2.05, 4.69) is 9.97 Å². The van der Waals surface area contributed by atoms with Crippen LogP contribution in [0, 0.1) is 0 Å². The number of amides is 1. The Labute approximate surface area is 168 Å². The van der Waals surface area contributed by atoms with Crippen LogP contribution in [-0.4, -0.2) is 72.9 Å². The third-order valence-electron chi connectivity index (χ3n) is 4.81. The van der Waals surface area contributed by atoms with Crippen LogP contribution in [0.15, 0.2) is 35.5 Å². The maximum Gasteiger partial charge on any atom is 0.276 e. The van der Waals surface area contributed by atoms with Gasteiger partial charge in [-0.15, -0.1) is 0 Å². The summed E-state index contributed by atoms with van der Waals surface area (Å²) in [6.07, 6.45) is 3.55. The van der Waals surface area contributed by atoms with Crippen LogP contribution in [0.4, 0.5) is 5.82 Å². The number of hydrogen-bond acceptors (Lipinski definition) is 8. The quantitative estimate of drug-likeness (QED) is 0.756. The normalized spacial score (nSPS) is 17.6. The van der Waals surface area contributed by atoms with E-state index in [4.69, 9.17) is 15.2 Å². The lowest BCUT2D eigenvalue weighted by Gasteiger charge is -2.34. The number of fused-ring (bicyclic) bond motifs is 1. The lowest BCUT2D eigenvalue weighted by atomic mass is 10.3. The zero-order valence-electron chi connectivity index (χ0n) is 15.7. The number of nitrogens with zero attached hydrogens (tertiary/aromatic N) is 4.